The summed E-state index contributed by atoms with van der Waals surface area (Å²) in [4.78, 5) is 3.97. The van der Waals surface area contributed by atoms with Crippen LogP contribution < -0.4 is 5.32 Å². The Morgan fingerprint density at radius 2 is 1.62 bits per heavy atom. The summed E-state index contributed by atoms with van der Waals surface area (Å²) in [5, 5.41) is 7.81. The molecule has 0 bridgehead atoms. The van der Waals surface area contributed by atoms with Crippen LogP contribution in [0.15, 0.2) is 36.9 Å². The molecular formula is C17H26N4. The van der Waals surface area contributed by atoms with Crippen LogP contribution in [0.4, 0.5) is 5.69 Å². The molecule has 114 valence electrons. The molecule has 2 rings (SSSR count). The lowest BCUT2D eigenvalue weighted by molar-refractivity contribution is 0.442. The Morgan fingerprint density at radius 3 is 2.10 bits per heavy atom. The molecule has 0 fully saturated rings. The van der Waals surface area contributed by atoms with Crippen molar-refractivity contribution in [2.75, 3.05) is 5.32 Å². The Hall–Kier alpha value is -1.84. The Balaban J connectivity index is 2.03. The summed E-state index contributed by atoms with van der Waals surface area (Å²) in [5.41, 5.74) is 2.20. The summed E-state index contributed by atoms with van der Waals surface area (Å²) in [6, 6.07) is 8.90. The van der Waals surface area contributed by atoms with Crippen molar-refractivity contribution in [3.63, 3.8) is 0 Å². The van der Waals surface area contributed by atoms with E-state index in [1.54, 1.807) is 17.3 Å². The molecule has 4 heteroatoms. The third-order valence-electron chi connectivity index (χ3n) is 3.43. The van der Waals surface area contributed by atoms with Crippen molar-refractivity contribution in [2.45, 2.75) is 46.6 Å². The van der Waals surface area contributed by atoms with E-state index in [0.29, 0.717) is 17.9 Å². The molecule has 1 N–H and O–H groups in total. The number of nitrogens with zero attached hydrogens (tertiary/aromatic N) is 3. The van der Waals surface area contributed by atoms with Gasteiger partial charge in [-0.1, -0.05) is 27.7 Å². The molecule has 21 heavy (non-hydrogen) atoms. The van der Waals surface area contributed by atoms with Crippen molar-refractivity contribution in [1.29, 1.82) is 0 Å². The monoisotopic (exact) mass is 286 g/mol. The van der Waals surface area contributed by atoms with Crippen molar-refractivity contribution >= 4 is 5.69 Å². The first-order valence-electron chi connectivity index (χ1n) is 7.76. The van der Waals surface area contributed by atoms with Gasteiger partial charge in [0.05, 0.1) is 5.69 Å². The lowest BCUT2D eigenvalue weighted by Gasteiger charge is -2.23. The minimum Gasteiger partial charge on any atom is -0.382 e. The normalized spacial score (nSPS) is 11.6. The van der Waals surface area contributed by atoms with E-state index < -0.39 is 0 Å². The van der Waals surface area contributed by atoms with Gasteiger partial charge >= 0.3 is 0 Å². The summed E-state index contributed by atoms with van der Waals surface area (Å²) in [6.07, 6.45) is 5.66. The highest BCUT2D eigenvalue weighted by Crippen LogP contribution is 2.20. The molecule has 0 aliphatic heterocycles. The van der Waals surface area contributed by atoms with Crippen LogP contribution in [0.1, 0.15) is 40.5 Å². The maximum atomic E-state index is 4.14. The molecule has 0 aliphatic rings. The summed E-state index contributed by atoms with van der Waals surface area (Å²) < 4.78 is 1.77. The van der Waals surface area contributed by atoms with Crippen molar-refractivity contribution in [1.82, 2.24) is 14.8 Å². The molecule has 1 aromatic carbocycles. The van der Waals surface area contributed by atoms with Crippen molar-refractivity contribution in [3.8, 4) is 5.69 Å². The lowest BCUT2D eigenvalue weighted by Crippen LogP contribution is -2.23. The Kier molecular flexibility index (Phi) is 5.37. The van der Waals surface area contributed by atoms with Gasteiger partial charge in [-0.05, 0) is 48.9 Å². The molecule has 2 aromatic rings. The zero-order valence-corrected chi connectivity index (χ0v) is 13.5. The molecule has 1 heterocycles. The number of aromatic nitrogens is 3. The van der Waals surface area contributed by atoms with E-state index in [-0.39, 0.29) is 0 Å². The van der Waals surface area contributed by atoms with Crippen LogP contribution in [0.5, 0.6) is 0 Å². The van der Waals surface area contributed by atoms with E-state index in [2.05, 4.69) is 67.4 Å². The van der Waals surface area contributed by atoms with Crippen LogP contribution in [0.3, 0.4) is 0 Å². The third-order valence-corrected chi connectivity index (χ3v) is 3.43. The molecule has 0 amide bonds. The fourth-order valence-electron chi connectivity index (χ4n) is 2.64. The SMILES string of the molecule is CC(C)CC(CC(C)C)Nc1ccc(-n2cncn2)cc1. The van der Waals surface area contributed by atoms with Gasteiger partial charge in [0, 0.05) is 11.7 Å². The minimum atomic E-state index is 0.530. The molecular weight excluding hydrogens is 260 g/mol. The van der Waals surface area contributed by atoms with Gasteiger partial charge in [-0.15, -0.1) is 0 Å². The molecule has 1 aromatic heterocycles. The maximum absolute atomic E-state index is 4.14. The van der Waals surface area contributed by atoms with Gasteiger partial charge in [0.15, 0.2) is 0 Å². The smallest absolute Gasteiger partial charge is 0.138 e. The minimum absolute atomic E-state index is 0.530. The van der Waals surface area contributed by atoms with Gasteiger partial charge < -0.3 is 5.32 Å². The second-order valence-electron chi connectivity index (χ2n) is 6.49. The summed E-state index contributed by atoms with van der Waals surface area (Å²) >= 11 is 0. The highest BCUT2D eigenvalue weighted by molar-refractivity contribution is 5.49. The Morgan fingerprint density at radius 1 is 1.00 bits per heavy atom. The van der Waals surface area contributed by atoms with Crippen LogP contribution in [0, 0.1) is 11.8 Å². The van der Waals surface area contributed by atoms with E-state index in [1.165, 1.54) is 18.5 Å². The molecule has 0 atom stereocenters. The van der Waals surface area contributed by atoms with Gasteiger partial charge in [0.1, 0.15) is 12.7 Å². The predicted octanol–water partition coefficient (Wildman–Crippen LogP) is 4.14. The van der Waals surface area contributed by atoms with E-state index in [1.807, 2.05) is 0 Å². The van der Waals surface area contributed by atoms with E-state index in [9.17, 15) is 0 Å². The third kappa shape index (κ3) is 4.88. The average molecular weight is 286 g/mol. The van der Waals surface area contributed by atoms with Crippen molar-refractivity contribution < 1.29 is 0 Å². The molecule has 0 spiro atoms. The van der Waals surface area contributed by atoms with Gasteiger partial charge in [0.25, 0.3) is 0 Å². The van der Waals surface area contributed by atoms with E-state index in [4.69, 9.17) is 0 Å². The van der Waals surface area contributed by atoms with Gasteiger partial charge in [-0.3, -0.25) is 0 Å². The highest BCUT2D eigenvalue weighted by Gasteiger charge is 2.12. The standard InChI is InChI=1S/C17H26N4/c1-13(2)9-16(10-14(3)4)20-15-5-7-17(8-6-15)21-12-18-11-19-21/h5-8,11-14,16,20H,9-10H2,1-4H3. The first kappa shape index (κ1) is 15.5. The maximum Gasteiger partial charge on any atom is 0.138 e. The van der Waals surface area contributed by atoms with E-state index >= 15 is 0 Å². The number of nitrogens with one attached hydrogen (secondary N) is 1. The Labute approximate surface area is 127 Å². The van der Waals surface area contributed by atoms with Crippen molar-refractivity contribution in [3.05, 3.63) is 36.9 Å². The second kappa shape index (κ2) is 7.25. The summed E-state index contributed by atoms with van der Waals surface area (Å²) in [6.45, 7) is 9.12. The number of rotatable bonds is 7. The van der Waals surface area contributed by atoms with Gasteiger partial charge in [-0.25, -0.2) is 9.67 Å². The molecule has 4 nitrogen and oxygen atoms in total. The number of hydrogen-bond acceptors (Lipinski definition) is 3. The molecule has 0 unspecified atom stereocenters. The quantitative estimate of drug-likeness (QED) is 0.832. The summed E-state index contributed by atoms with van der Waals surface area (Å²) in [7, 11) is 0. The lowest BCUT2D eigenvalue weighted by atomic mass is 9.95. The Bertz CT molecular complexity index is 504. The molecule has 0 saturated carbocycles. The van der Waals surface area contributed by atoms with Crippen LogP contribution in [0.2, 0.25) is 0 Å². The first-order valence-corrected chi connectivity index (χ1v) is 7.76. The topological polar surface area (TPSA) is 42.7 Å². The van der Waals surface area contributed by atoms with Crippen LogP contribution in [0.25, 0.3) is 5.69 Å². The van der Waals surface area contributed by atoms with Crippen LogP contribution in [-0.4, -0.2) is 20.8 Å². The zero-order chi connectivity index (χ0) is 15.2. The predicted molar refractivity (Wildman–Crippen MR) is 87.7 cm³/mol. The first-order chi connectivity index (χ1) is 10.0. The number of benzene rings is 1. The number of hydrogen-bond donors (Lipinski definition) is 1. The van der Waals surface area contributed by atoms with Crippen molar-refractivity contribution in [2.24, 2.45) is 11.8 Å². The largest absolute Gasteiger partial charge is 0.382 e. The zero-order valence-electron chi connectivity index (χ0n) is 13.5. The highest BCUT2D eigenvalue weighted by atomic mass is 15.3. The van der Waals surface area contributed by atoms with Crippen LogP contribution >= 0.6 is 0 Å². The van der Waals surface area contributed by atoms with Gasteiger partial charge in [-0.2, -0.15) is 5.10 Å². The summed E-state index contributed by atoms with van der Waals surface area (Å²) in [5.74, 6) is 1.41. The average Bonchev–Trinajstić information content (AvgIpc) is 2.91. The molecule has 0 aliphatic carbocycles. The van der Waals surface area contributed by atoms with Gasteiger partial charge in [0.2, 0.25) is 0 Å². The van der Waals surface area contributed by atoms with Crippen LogP contribution in [-0.2, 0) is 0 Å². The molecule has 0 saturated heterocycles. The fraction of sp³-hybridized carbons (Fsp3) is 0.529. The van der Waals surface area contributed by atoms with E-state index in [0.717, 1.165) is 5.69 Å². The molecule has 0 radical (unpaired) electrons. The second-order valence-corrected chi connectivity index (χ2v) is 6.49. The number of anilines is 1. The fourth-order valence-corrected chi connectivity index (χ4v) is 2.64.